The Kier molecular flexibility index (Phi) is 5.73. The van der Waals surface area contributed by atoms with Gasteiger partial charge in [-0.25, -0.2) is 4.79 Å². The Labute approximate surface area is 168 Å². The average molecular weight is 391 g/mol. The third-order valence-electron chi connectivity index (χ3n) is 4.73. The van der Waals surface area contributed by atoms with E-state index in [0.29, 0.717) is 19.6 Å². The van der Waals surface area contributed by atoms with Crippen molar-refractivity contribution in [2.24, 2.45) is 0 Å². The Balaban J connectivity index is 1.44. The summed E-state index contributed by atoms with van der Waals surface area (Å²) in [6.07, 6.45) is 2.47. The minimum Gasteiger partial charge on any atom is -0.467 e. The molecule has 4 rings (SSSR count). The summed E-state index contributed by atoms with van der Waals surface area (Å²) < 4.78 is 5.45. The number of nitrogens with zero attached hydrogens (tertiary/aromatic N) is 1. The molecule has 142 valence electrons. The first kappa shape index (κ1) is 18.3. The Bertz CT molecular complexity index is 1020. The molecule has 0 aliphatic rings. The lowest BCUT2D eigenvalue weighted by Gasteiger charge is -2.22. The van der Waals surface area contributed by atoms with Crippen LogP contribution in [0, 0.1) is 0 Å². The number of rotatable bonds is 7. The first-order chi connectivity index (χ1) is 13.8. The summed E-state index contributed by atoms with van der Waals surface area (Å²) in [5.41, 5.74) is 1.11. The molecule has 4 nitrogen and oxygen atoms in total. The molecule has 0 saturated heterocycles. The van der Waals surface area contributed by atoms with Crippen LogP contribution in [-0.4, -0.2) is 17.5 Å². The van der Waals surface area contributed by atoms with Gasteiger partial charge in [-0.15, -0.1) is 11.3 Å². The van der Waals surface area contributed by atoms with Gasteiger partial charge in [0.2, 0.25) is 0 Å². The molecule has 0 spiro atoms. The molecule has 0 radical (unpaired) electrons. The number of carbonyl (C=O) groups is 1. The normalized spacial score (nSPS) is 10.9. The number of hydrogen-bond donors (Lipinski definition) is 1. The zero-order valence-electron chi connectivity index (χ0n) is 15.5. The lowest BCUT2D eigenvalue weighted by atomic mass is 10.0. The number of urea groups is 1. The van der Waals surface area contributed by atoms with E-state index in [9.17, 15) is 4.79 Å². The van der Waals surface area contributed by atoms with E-state index >= 15 is 0 Å². The molecule has 4 aromatic rings. The highest BCUT2D eigenvalue weighted by Crippen LogP contribution is 2.18. The molecule has 28 heavy (non-hydrogen) atoms. The molecule has 5 heteroatoms. The number of carbonyl (C=O) groups excluding carboxylic acids is 1. The predicted octanol–water partition coefficient (Wildman–Crippen LogP) is 5.45. The van der Waals surface area contributed by atoms with Gasteiger partial charge in [0.25, 0.3) is 0 Å². The predicted molar refractivity (Wildman–Crippen MR) is 113 cm³/mol. The lowest BCUT2D eigenvalue weighted by molar-refractivity contribution is 0.190. The van der Waals surface area contributed by atoms with Crippen molar-refractivity contribution in [2.75, 3.05) is 6.54 Å². The van der Waals surface area contributed by atoms with E-state index in [0.717, 1.165) is 17.7 Å². The van der Waals surface area contributed by atoms with Crippen molar-refractivity contribution in [3.8, 4) is 0 Å². The van der Waals surface area contributed by atoms with Gasteiger partial charge >= 0.3 is 6.03 Å². The molecule has 2 aromatic carbocycles. The van der Waals surface area contributed by atoms with Gasteiger partial charge in [-0.2, -0.15) is 0 Å². The molecule has 0 fully saturated rings. The molecule has 0 aliphatic carbocycles. The topological polar surface area (TPSA) is 45.5 Å². The molecule has 1 N–H and O–H groups in total. The largest absolute Gasteiger partial charge is 0.467 e. The van der Waals surface area contributed by atoms with Gasteiger partial charge < -0.3 is 14.6 Å². The molecule has 0 unspecified atom stereocenters. The summed E-state index contributed by atoms with van der Waals surface area (Å²) in [7, 11) is 0. The standard InChI is InChI=1S/C23H22N2O2S/c26-23(24-16-19-8-3-7-18-6-1-2-11-22(18)19)25(17-20-9-4-14-27-20)13-12-21-10-5-15-28-21/h1-11,14-15H,12-13,16-17H2,(H,24,26). The fourth-order valence-electron chi connectivity index (χ4n) is 3.27. The zero-order chi connectivity index (χ0) is 19.2. The second kappa shape index (κ2) is 8.76. The maximum Gasteiger partial charge on any atom is 0.318 e. The number of nitrogens with one attached hydrogen (secondary N) is 1. The monoisotopic (exact) mass is 390 g/mol. The summed E-state index contributed by atoms with van der Waals surface area (Å²) in [5.74, 6) is 0.784. The highest BCUT2D eigenvalue weighted by Gasteiger charge is 2.16. The Morgan fingerprint density at radius 2 is 1.89 bits per heavy atom. The highest BCUT2D eigenvalue weighted by atomic mass is 32.1. The van der Waals surface area contributed by atoms with Gasteiger partial charge in [-0.05, 0) is 46.3 Å². The number of furan rings is 1. The minimum absolute atomic E-state index is 0.0825. The highest BCUT2D eigenvalue weighted by molar-refractivity contribution is 7.09. The van der Waals surface area contributed by atoms with Crippen molar-refractivity contribution in [1.29, 1.82) is 0 Å². The summed E-state index contributed by atoms with van der Waals surface area (Å²) in [6, 6.07) is 22.2. The molecule has 0 saturated carbocycles. The number of thiophene rings is 1. The summed E-state index contributed by atoms with van der Waals surface area (Å²) >= 11 is 1.71. The second-order valence-corrected chi connectivity index (χ2v) is 7.66. The van der Waals surface area contributed by atoms with Crippen molar-refractivity contribution in [3.63, 3.8) is 0 Å². The number of fused-ring (bicyclic) bond motifs is 1. The molecule has 0 bridgehead atoms. The minimum atomic E-state index is -0.0825. The van der Waals surface area contributed by atoms with Crippen molar-refractivity contribution < 1.29 is 9.21 Å². The Morgan fingerprint density at radius 3 is 2.71 bits per heavy atom. The fraction of sp³-hybridized carbons (Fsp3) is 0.174. The van der Waals surface area contributed by atoms with Crippen molar-refractivity contribution in [3.05, 3.63) is 94.6 Å². The molecule has 2 heterocycles. The van der Waals surface area contributed by atoms with Crippen LogP contribution in [0.1, 0.15) is 16.2 Å². The lowest BCUT2D eigenvalue weighted by Crippen LogP contribution is -2.40. The van der Waals surface area contributed by atoms with E-state index in [1.165, 1.54) is 15.6 Å². The quantitative estimate of drug-likeness (QED) is 0.456. The average Bonchev–Trinajstić information content (AvgIpc) is 3.43. The van der Waals surface area contributed by atoms with Gasteiger partial charge in [0.15, 0.2) is 0 Å². The van der Waals surface area contributed by atoms with Gasteiger partial charge in [0.05, 0.1) is 12.8 Å². The van der Waals surface area contributed by atoms with Gasteiger partial charge in [-0.3, -0.25) is 0 Å². The molecule has 0 atom stereocenters. The van der Waals surface area contributed by atoms with Gasteiger partial charge in [0, 0.05) is 18.0 Å². The maximum absolute atomic E-state index is 12.9. The number of benzene rings is 2. The van der Waals surface area contributed by atoms with E-state index in [4.69, 9.17) is 4.42 Å². The third-order valence-corrected chi connectivity index (χ3v) is 5.67. The second-order valence-electron chi connectivity index (χ2n) is 6.63. The van der Waals surface area contributed by atoms with E-state index < -0.39 is 0 Å². The van der Waals surface area contributed by atoms with E-state index in [2.05, 4.69) is 41.0 Å². The Hall–Kier alpha value is -3.05. The van der Waals surface area contributed by atoms with Crippen molar-refractivity contribution >= 4 is 28.1 Å². The van der Waals surface area contributed by atoms with E-state index in [1.54, 1.807) is 17.6 Å². The SMILES string of the molecule is O=C(NCc1cccc2ccccc12)N(CCc1cccs1)Cc1ccco1. The van der Waals surface area contributed by atoms with Crippen LogP contribution < -0.4 is 5.32 Å². The van der Waals surface area contributed by atoms with Crippen molar-refractivity contribution in [2.45, 2.75) is 19.5 Å². The summed E-state index contributed by atoms with van der Waals surface area (Å²) in [6.45, 7) is 1.59. The van der Waals surface area contributed by atoms with Crippen molar-refractivity contribution in [1.82, 2.24) is 10.2 Å². The maximum atomic E-state index is 12.9. The first-order valence-electron chi connectivity index (χ1n) is 9.34. The molecule has 2 aromatic heterocycles. The summed E-state index contributed by atoms with van der Waals surface area (Å²) in [5, 5.41) is 7.49. The van der Waals surface area contributed by atoms with E-state index in [-0.39, 0.29) is 6.03 Å². The number of amides is 2. The molecule has 0 aliphatic heterocycles. The van der Waals surface area contributed by atoms with Crippen LogP contribution >= 0.6 is 11.3 Å². The Morgan fingerprint density at radius 1 is 1.00 bits per heavy atom. The number of hydrogen-bond acceptors (Lipinski definition) is 3. The molecule has 2 amide bonds. The molecular formula is C23H22N2O2S. The van der Waals surface area contributed by atoms with Gasteiger partial charge in [-0.1, -0.05) is 48.5 Å². The van der Waals surface area contributed by atoms with Crippen LogP contribution in [0.2, 0.25) is 0 Å². The zero-order valence-corrected chi connectivity index (χ0v) is 16.3. The van der Waals surface area contributed by atoms with Crippen LogP contribution in [0.15, 0.2) is 82.8 Å². The smallest absolute Gasteiger partial charge is 0.318 e. The first-order valence-corrected chi connectivity index (χ1v) is 10.2. The van der Waals surface area contributed by atoms with Crippen LogP contribution in [-0.2, 0) is 19.5 Å². The third kappa shape index (κ3) is 4.43. The molecular weight excluding hydrogens is 368 g/mol. The van der Waals surface area contributed by atoms with Crippen LogP contribution in [0.25, 0.3) is 10.8 Å². The van der Waals surface area contributed by atoms with E-state index in [1.807, 2.05) is 41.3 Å². The van der Waals surface area contributed by atoms with Crippen LogP contribution in [0.4, 0.5) is 4.79 Å². The van der Waals surface area contributed by atoms with Crippen LogP contribution in [0.3, 0.4) is 0 Å². The van der Waals surface area contributed by atoms with Crippen LogP contribution in [0.5, 0.6) is 0 Å². The fourth-order valence-corrected chi connectivity index (χ4v) is 3.97. The summed E-state index contributed by atoms with van der Waals surface area (Å²) in [4.78, 5) is 16.0. The van der Waals surface area contributed by atoms with Gasteiger partial charge in [0.1, 0.15) is 5.76 Å².